The average molecular weight is 404 g/mol. The lowest BCUT2D eigenvalue weighted by Gasteiger charge is -2.38. The van der Waals surface area contributed by atoms with E-state index in [1.165, 1.54) is 7.11 Å². The van der Waals surface area contributed by atoms with E-state index in [0.717, 1.165) is 11.3 Å². The van der Waals surface area contributed by atoms with Crippen LogP contribution in [0.2, 0.25) is 0 Å². The molecule has 1 aliphatic rings. The molecule has 0 radical (unpaired) electrons. The van der Waals surface area contributed by atoms with Gasteiger partial charge in [-0.25, -0.2) is 4.79 Å². The summed E-state index contributed by atoms with van der Waals surface area (Å²) in [6, 6.07) is 7.03. The van der Waals surface area contributed by atoms with Crippen molar-refractivity contribution in [1.82, 2.24) is 10.2 Å². The van der Waals surface area contributed by atoms with Crippen LogP contribution < -0.4 is 10.6 Å². The number of nitrogens with zero attached hydrogens (tertiary/aromatic N) is 1. The van der Waals surface area contributed by atoms with Crippen molar-refractivity contribution in [2.75, 3.05) is 19.0 Å². The fourth-order valence-electron chi connectivity index (χ4n) is 3.10. The van der Waals surface area contributed by atoms with Crippen molar-refractivity contribution < 1.29 is 14.3 Å². The standard InChI is InChI=1S/C21H29N3O3S/c1-7-15-16(18(25)27-6)17(23-20(28)24(15)8-2)13-9-11-14(12-10-13)22-19(26)21(3,4)5/h9-12,17H,7-8H2,1-6H3,(H,22,26)(H,23,28)/t17-/m0/s1. The van der Waals surface area contributed by atoms with Gasteiger partial charge < -0.3 is 20.3 Å². The molecule has 0 unspecified atom stereocenters. The van der Waals surface area contributed by atoms with E-state index >= 15 is 0 Å². The van der Waals surface area contributed by atoms with E-state index in [1.54, 1.807) is 0 Å². The van der Waals surface area contributed by atoms with Gasteiger partial charge in [0.15, 0.2) is 5.11 Å². The molecule has 0 bridgehead atoms. The van der Waals surface area contributed by atoms with Crippen LogP contribution >= 0.6 is 12.2 Å². The number of hydrogen-bond acceptors (Lipinski definition) is 4. The Hall–Kier alpha value is -2.41. The fourth-order valence-corrected chi connectivity index (χ4v) is 3.45. The lowest BCUT2D eigenvalue weighted by molar-refractivity contribution is -0.136. The average Bonchev–Trinajstić information content (AvgIpc) is 2.66. The van der Waals surface area contributed by atoms with Crippen LogP contribution in [0.25, 0.3) is 0 Å². The number of nitrogens with one attached hydrogen (secondary N) is 2. The smallest absolute Gasteiger partial charge is 0.337 e. The molecule has 1 aromatic carbocycles. The molecule has 1 amide bonds. The zero-order valence-corrected chi connectivity index (χ0v) is 18.2. The third kappa shape index (κ3) is 4.52. The van der Waals surface area contributed by atoms with Gasteiger partial charge in [-0.1, -0.05) is 39.8 Å². The number of rotatable bonds is 5. The maximum absolute atomic E-state index is 12.6. The number of carbonyl (C=O) groups excluding carboxylic acids is 2. The molecule has 2 rings (SSSR count). The summed E-state index contributed by atoms with van der Waals surface area (Å²) in [7, 11) is 1.38. The highest BCUT2D eigenvalue weighted by Gasteiger charge is 2.35. The first-order chi connectivity index (χ1) is 13.1. The summed E-state index contributed by atoms with van der Waals surface area (Å²) in [5.74, 6) is -0.431. The number of allylic oxidation sites excluding steroid dienone is 1. The van der Waals surface area contributed by atoms with Gasteiger partial charge in [-0.15, -0.1) is 0 Å². The van der Waals surface area contributed by atoms with Gasteiger partial charge in [0.25, 0.3) is 0 Å². The van der Waals surface area contributed by atoms with Crippen molar-refractivity contribution >= 4 is 34.9 Å². The predicted molar refractivity (Wildman–Crippen MR) is 115 cm³/mol. The molecule has 152 valence electrons. The first-order valence-corrected chi connectivity index (χ1v) is 9.85. The molecular weight excluding hydrogens is 374 g/mol. The highest BCUT2D eigenvalue weighted by Crippen LogP contribution is 2.33. The molecule has 6 nitrogen and oxygen atoms in total. The summed E-state index contributed by atoms with van der Waals surface area (Å²) < 4.78 is 5.05. The topological polar surface area (TPSA) is 70.7 Å². The van der Waals surface area contributed by atoms with Crippen LogP contribution in [0.4, 0.5) is 5.69 Å². The van der Waals surface area contributed by atoms with Gasteiger partial charge in [0.1, 0.15) is 0 Å². The van der Waals surface area contributed by atoms with E-state index in [1.807, 2.05) is 63.8 Å². The molecule has 0 saturated carbocycles. The first kappa shape index (κ1) is 21.9. The van der Waals surface area contributed by atoms with Crippen molar-refractivity contribution in [2.24, 2.45) is 5.41 Å². The van der Waals surface area contributed by atoms with Crippen molar-refractivity contribution in [1.29, 1.82) is 0 Å². The number of methoxy groups -OCH3 is 1. The molecule has 28 heavy (non-hydrogen) atoms. The minimum atomic E-state index is -0.476. The molecule has 1 aliphatic heterocycles. The lowest BCUT2D eigenvalue weighted by Crippen LogP contribution is -2.48. The van der Waals surface area contributed by atoms with E-state index in [0.29, 0.717) is 29.3 Å². The van der Waals surface area contributed by atoms with Gasteiger partial charge in [0, 0.05) is 23.3 Å². The van der Waals surface area contributed by atoms with Crippen molar-refractivity contribution in [3.63, 3.8) is 0 Å². The summed E-state index contributed by atoms with van der Waals surface area (Å²) >= 11 is 5.52. The Balaban J connectivity index is 2.40. The number of esters is 1. The Bertz CT molecular complexity index is 794. The molecule has 0 spiro atoms. The fraction of sp³-hybridized carbons (Fsp3) is 0.476. The van der Waals surface area contributed by atoms with E-state index in [-0.39, 0.29) is 11.9 Å². The van der Waals surface area contributed by atoms with Crippen LogP contribution in [-0.4, -0.2) is 35.5 Å². The zero-order chi connectivity index (χ0) is 21.1. The van der Waals surface area contributed by atoms with Crippen LogP contribution in [-0.2, 0) is 14.3 Å². The van der Waals surface area contributed by atoms with E-state index < -0.39 is 11.5 Å². The predicted octanol–water partition coefficient (Wildman–Crippen LogP) is 3.76. The number of hydrogen-bond donors (Lipinski definition) is 2. The minimum absolute atomic E-state index is 0.0563. The molecule has 1 heterocycles. The SMILES string of the molecule is CCC1=C(C(=O)OC)[C@H](c2ccc(NC(=O)C(C)(C)C)cc2)NC(=S)N1CC. The highest BCUT2D eigenvalue weighted by atomic mass is 32.1. The summed E-state index contributed by atoms with van der Waals surface area (Å²) in [5.41, 5.74) is 2.53. The Kier molecular flexibility index (Phi) is 6.82. The highest BCUT2D eigenvalue weighted by molar-refractivity contribution is 7.80. The molecule has 0 saturated heterocycles. The molecule has 0 aliphatic carbocycles. The summed E-state index contributed by atoms with van der Waals surface area (Å²) in [4.78, 5) is 26.7. The number of carbonyl (C=O) groups is 2. The Labute approximate surface area is 172 Å². The van der Waals surface area contributed by atoms with Crippen LogP contribution in [0.15, 0.2) is 35.5 Å². The summed E-state index contributed by atoms with van der Waals surface area (Å²) in [5, 5.41) is 6.75. The second-order valence-corrected chi connectivity index (χ2v) is 8.05. The van der Waals surface area contributed by atoms with Gasteiger partial charge in [-0.2, -0.15) is 0 Å². The molecule has 2 N–H and O–H groups in total. The van der Waals surface area contributed by atoms with E-state index in [2.05, 4.69) is 10.6 Å². The molecular formula is C21H29N3O3S. The summed E-state index contributed by atoms with van der Waals surface area (Å²) in [6.45, 7) is 10.2. The van der Waals surface area contributed by atoms with Gasteiger partial charge >= 0.3 is 5.97 Å². The van der Waals surface area contributed by atoms with Gasteiger partial charge in [-0.3, -0.25) is 4.79 Å². The van der Waals surface area contributed by atoms with Crippen LogP contribution in [0.3, 0.4) is 0 Å². The first-order valence-electron chi connectivity index (χ1n) is 9.44. The Morgan fingerprint density at radius 2 is 1.82 bits per heavy atom. The Morgan fingerprint density at radius 1 is 1.21 bits per heavy atom. The maximum atomic E-state index is 12.6. The number of amides is 1. The van der Waals surface area contributed by atoms with Crippen molar-refractivity contribution in [2.45, 2.75) is 47.1 Å². The van der Waals surface area contributed by atoms with Gasteiger partial charge in [0.2, 0.25) is 5.91 Å². The van der Waals surface area contributed by atoms with Crippen molar-refractivity contribution in [3.8, 4) is 0 Å². The van der Waals surface area contributed by atoms with Crippen molar-refractivity contribution in [3.05, 3.63) is 41.1 Å². The number of anilines is 1. The third-order valence-electron chi connectivity index (χ3n) is 4.68. The van der Waals surface area contributed by atoms with E-state index in [4.69, 9.17) is 17.0 Å². The zero-order valence-electron chi connectivity index (χ0n) is 17.4. The third-order valence-corrected chi connectivity index (χ3v) is 5.02. The molecule has 7 heteroatoms. The molecule has 0 aromatic heterocycles. The minimum Gasteiger partial charge on any atom is -0.466 e. The number of benzene rings is 1. The van der Waals surface area contributed by atoms with Gasteiger partial charge in [-0.05, 0) is 43.3 Å². The monoisotopic (exact) mass is 403 g/mol. The normalized spacial score (nSPS) is 17.3. The molecule has 1 atom stereocenters. The second-order valence-electron chi connectivity index (χ2n) is 7.66. The lowest BCUT2D eigenvalue weighted by atomic mass is 9.93. The van der Waals surface area contributed by atoms with Crippen LogP contribution in [0.5, 0.6) is 0 Å². The number of thiocarbonyl (C=S) groups is 1. The largest absolute Gasteiger partial charge is 0.466 e. The van der Waals surface area contributed by atoms with Crippen LogP contribution in [0, 0.1) is 5.41 Å². The van der Waals surface area contributed by atoms with Gasteiger partial charge in [0.05, 0.1) is 18.7 Å². The summed E-state index contributed by atoms with van der Waals surface area (Å²) in [6.07, 6.45) is 0.663. The maximum Gasteiger partial charge on any atom is 0.337 e. The molecule has 0 fully saturated rings. The number of ether oxygens (including phenoxy) is 1. The Morgan fingerprint density at radius 3 is 2.29 bits per heavy atom. The molecule has 1 aromatic rings. The second kappa shape index (κ2) is 8.73. The quantitative estimate of drug-likeness (QED) is 0.576. The van der Waals surface area contributed by atoms with E-state index in [9.17, 15) is 9.59 Å². The van der Waals surface area contributed by atoms with Crippen LogP contribution in [0.1, 0.15) is 52.6 Å².